The van der Waals surface area contributed by atoms with Crippen LogP contribution in [0.25, 0.3) is 11.1 Å². The summed E-state index contributed by atoms with van der Waals surface area (Å²) in [7, 11) is 0. The highest BCUT2D eigenvalue weighted by Crippen LogP contribution is 2.43. The van der Waals surface area contributed by atoms with Gasteiger partial charge in [0.2, 0.25) is 5.91 Å². The number of nitrogens with zero attached hydrogens (tertiary/aromatic N) is 1. The first-order chi connectivity index (χ1) is 10.8. The fraction of sp³-hybridized carbons (Fsp3) is 0.421. The zero-order valence-electron chi connectivity index (χ0n) is 13.0. The molecule has 0 fully saturated rings. The van der Waals surface area contributed by atoms with Crippen molar-refractivity contribution in [2.75, 3.05) is 5.32 Å². The Hall–Kier alpha value is -2.03. The van der Waals surface area contributed by atoms with Crippen LogP contribution < -0.4 is 5.32 Å². The third-order valence-corrected chi connectivity index (χ3v) is 5.25. The molecular weight excluding hydrogens is 272 g/mol. The van der Waals surface area contributed by atoms with Crippen LogP contribution in [0.5, 0.6) is 0 Å². The number of para-hydroxylation sites is 1. The van der Waals surface area contributed by atoms with Gasteiger partial charge in [0.1, 0.15) is 0 Å². The van der Waals surface area contributed by atoms with Gasteiger partial charge in [0.15, 0.2) is 0 Å². The molecule has 0 bridgehead atoms. The number of carbonyl (C=O) groups is 1. The highest BCUT2D eigenvalue weighted by atomic mass is 16.1. The van der Waals surface area contributed by atoms with E-state index in [0.717, 1.165) is 30.1 Å². The largest absolute Gasteiger partial charge is 0.350 e. The second-order valence-electron chi connectivity index (χ2n) is 6.61. The first kappa shape index (κ1) is 13.6. The van der Waals surface area contributed by atoms with E-state index in [1.54, 1.807) is 0 Å². The highest BCUT2D eigenvalue weighted by molar-refractivity contribution is 5.96. The molecule has 2 aliphatic heterocycles. The van der Waals surface area contributed by atoms with Gasteiger partial charge in [-0.1, -0.05) is 31.5 Å². The molecular formula is C19H22N2O. The third-order valence-electron chi connectivity index (χ3n) is 5.25. The molecule has 3 nitrogen and oxygen atoms in total. The Balaban J connectivity index is 1.89. The lowest BCUT2D eigenvalue weighted by Crippen LogP contribution is -2.23. The summed E-state index contributed by atoms with van der Waals surface area (Å²) in [5, 5.41) is 3.09. The van der Waals surface area contributed by atoms with Crippen LogP contribution in [0.4, 0.5) is 5.69 Å². The average Bonchev–Trinajstić information content (AvgIpc) is 2.97. The average molecular weight is 294 g/mol. The van der Waals surface area contributed by atoms with Crippen LogP contribution in [0.2, 0.25) is 0 Å². The van der Waals surface area contributed by atoms with Gasteiger partial charge in [-0.3, -0.25) is 4.79 Å². The van der Waals surface area contributed by atoms with Gasteiger partial charge in [-0.15, -0.1) is 0 Å². The number of fused-ring (bicyclic) bond motifs is 2. The summed E-state index contributed by atoms with van der Waals surface area (Å²) in [4.78, 5) is 12.2. The molecule has 0 aliphatic carbocycles. The van der Waals surface area contributed by atoms with Crippen molar-refractivity contribution >= 4 is 11.6 Å². The fourth-order valence-electron chi connectivity index (χ4n) is 4.09. The molecule has 22 heavy (non-hydrogen) atoms. The number of nitrogens with one attached hydrogen (secondary N) is 1. The molecule has 0 saturated carbocycles. The van der Waals surface area contributed by atoms with Gasteiger partial charge in [0, 0.05) is 47.6 Å². The van der Waals surface area contributed by atoms with Crippen molar-refractivity contribution in [3.63, 3.8) is 0 Å². The number of hydrogen-bond donors (Lipinski definition) is 1. The van der Waals surface area contributed by atoms with Crippen molar-refractivity contribution in [1.29, 1.82) is 0 Å². The van der Waals surface area contributed by atoms with E-state index in [1.807, 2.05) is 12.1 Å². The van der Waals surface area contributed by atoms with E-state index in [1.165, 1.54) is 24.1 Å². The zero-order chi connectivity index (χ0) is 15.1. The molecule has 1 amide bonds. The van der Waals surface area contributed by atoms with E-state index in [4.69, 9.17) is 0 Å². The lowest BCUT2D eigenvalue weighted by Gasteiger charge is -2.31. The lowest BCUT2D eigenvalue weighted by molar-refractivity contribution is -0.116. The minimum Gasteiger partial charge on any atom is -0.350 e. The van der Waals surface area contributed by atoms with Crippen molar-refractivity contribution in [2.24, 2.45) is 5.92 Å². The monoisotopic (exact) mass is 294 g/mol. The quantitative estimate of drug-likeness (QED) is 0.831. The maximum Gasteiger partial charge on any atom is 0.224 e. The lowest BCUT2D eigenvalue weighted by atomic mass is 9.82. The number of rotatable bonds is 1. The molecule has 4 rings (SSSR count). The van der Waals surface area contributed by atoms with Gasteiger partial charge in [-0.05, 0) is 30.9 Å². The van der Waals surface area contributed by atoms with E-state index in [2.05, 4.69) is 41.2 Å². The van der Waals surface area contributed by atoms with Gasteiger partial charge in [-0.25, -0.2) is 0 Å². The number of anilines is 1. The normalized spacial score (nSPS) is 23.6. The summed E-state index contributed by atoms with van der Waals surface area (Å²) in [6, 6.07) is 10.4. The Kier molecular flexibility index (Phi) is 3.29. The number of hydrogen-bond acceptors (Lipinski definition) is 1. The van der Waals surface area contributed by atoms with Crippen LogP contribution in [0.3, 0.4) is 0 Å². The molecule has 0 radical (unpaired) electrons. The van der Waals surface area contributed by atoms with Crippen molar-refractivity contribution in [1.82, 2.24) is 4.57 Å². The minimum absolute atomic E-state index is 0.141. The van der Waals surface area contributed by atoms with Gasteiger partial charge in [-0.2, -0.15) is 0 Å². The molecule has 114 valence electrons. The first-order valence-electron chi connectivity index (χ1n) is 8.34. The Labute approximate surface area is 131 Å². The van der Waals surface area contributed by atoms with Gasteiger partial charge in [0.25, 0.3) is 0 Å². The Bertz CT molecular complexity index is 716. The molecule has 1 aromatic heterocycles. The standard InChI is InChI=1S/C19H22N2O/c1-2-13-11-14-7-8-18(22)20-17-6-4-3-5-15(17)16-9-10-21(12-13)19(14)16/h3-6,9-10,13-14H,2,7-8,11-12H2,1H3,(H,20,22)/t13-,14+/m1/s1. The van der Waals surface area contributed by atoms with E-state index in [9.17, 15) is 4.79 Å². The van der Waals surface area contributed by atoms with Crippen LogP contribution >= 0.6 is 0 Å². The summed E-state index contributed by atoms with van der Waals surface area (Å²) >= 11 is 0. The molecule has 0 saturated heterocycles. The molecule has 2 aliphatic rings. The predicted molar refractivity (Wildman–Crippen MR) is 88.9 cm³/mol. The van der Waals surface area contributed by atoms with Crippen molar-refractivity contribution in [2.45, 2.75) is 45.1 Å². The number of carbonyl (C=O) groups excluding carboxylic acids is 1. The van der Waals surface area contributed by atoms with Crippen molar-refractivity contribution in [3.8, 4) is 11.1 Å². The molecule has 0 spiro atoms. The molecule has 1 N–H and O–H groups in total. The maximum absolute atomic E-state index is 12.2. The molecule has 3 heterocycles. The Morgan fingerprint density at radius 1 is 1.23 bits per heavy atom. The predicted octanol–water partition coefficient (Wildman–Crippen LogP) is 4.40. The second kappa shape index (κ2) is 5.31. The summed E-state index contributed by atoms with van der Waals surface area (Å²) in [6.07, 6.45) is 6.22. The molecule has 2 aromatic rings. The number of aromatic nitrogens is 1. The van der Waals surface area contributed by atoms with E-state index >= 15 is 0 Å². The van der Waals surface area contributed by atoms with Crippen LogP contribution in [0, 0.1) is 5.92 Å². The van der Waals surface area contributed by atoms with Crippen molar-refractivity contribution < 1.29 is 4.79 Å². The van der Waals surface area contributed by atoms with Crippen molar-refractivity contribution in [3.05, 3.63) is 42.2 Å². The van der Waals surface area contributed by atoms with Gasteiger partial charge in [0.05, 0.1) is 0 Å². The third kappa shape index (κ3) is 2.16. The summed E-state index contributed by atoms with van der Waals surface area (Å²) < 4.78 is 2.43. The molecule has 2 atom stereocenters. The zero-order valence-corrected chi connectivity index (χ0v) is 13.0. The van der Waals surface area contributed by atoms with Crippen LogP contribution in [0.1, 0.15) is 44.2 Å². The van der Waals surface area contributed by atoms with E-state index in [-0.39, 0.29) is 5.91 Å². The highest BCUT2D eigenvalue weighted by Gasteiger charge is 2.30. The topological polar surface area (TPSA) is 34.0 Å². The van der Waals surface area contributed by atoms with Gasteiger partial charge < -0.3 is 9.88 Å². The van der Waals surface area contributed by atoms with Crippen LogP contribution in [0.15, 0.2) is 36.5 Å². The van der Waals surface area contributed by atoms with Crippen LogP contribution in [-0.4, -0.2) is 10.5 Å². The SMILES string of the molecule is CC[C@@H]1C[C@@H]2CCC(=O)Nc3ccccc3-c3ccn(c32)C1. The van der Waals surface area contributed by atoms with Gasteiger partial charge >= 0.3 is 0 Å². The molecule has 3 heteroatoms. The first-order valence-corrected chi connectivity index (χ1v) is 8.34. The Morgan fingerprint density at radius 2 is 2.09 bits per heavy atom. The smallest absolute Gasteiger partial charge is 0.224 e. The summed E-state index contributed by atoms with van der Waals surface area (Å²) in [5.74, 6) is 1.38. The maximum atomic E-state index is 12.2. The second-order valence-corrected chi connectivity index (χ2v) is 6.61. The number of benzene rings is 1. The number of amides is 1. The minimum atomic E-state index is 0.141. The van der Waals surface area contributed by atoms with Crippen LogP contribution in [-0.2, 0) is 11.3 Å². The molecule has 1 aromatic carbocycles. The summed E-state index contributed by atoms with van der Waals surface area (Å²) in [5.41, 5.74) is 4.84. The Morgan fingerprint density at radius 3 is 2.95 bits per heavy atom. The fourth-order valence-corrected chi connectivity index (χ4v) is 4.09. The summed E-state index contributed by atoms with van der Waals surface area (Å²) in [6.45, 7) is 3.39. The molecule has 0 unspecified atom stereocenters. The van der Waals surface area contributed by atoms with E-state index < -0.39 is 0 Å². The van der Waals surface area contributed by atoms with E-state index in [0.29, 0.717) is 12.3 Å².